The minimum atomic E-state index is 0.322. The molecule has 0 spiro atoms. The Kier molecular flexibility index (Phi) is 3.48. The molecule has 1 heterocycles. The molecule has 0 aliphatic heterocycles. The topological polar surface area (TPSA) is 37.8 Å². The molecule has 1 aromatic rings. The molecule has 0 aliphatic rings. The van der Waals surface area contributed by atoms with Crippen molar-refractivity contribution >= 4 is 17.5 Å². The van der Waals surface area contributed by atoms with Crippen molar-refractivity contribution in [2.45, 2.75) is 33.2 Å². The van der Waals surface area contributed by atoms with Gasteiger partial charge in [-0.1, -0.05) is 18.5 Å². The van der Waals surface area contributed by atoms with E-state index in [2.05, 4.69) is 15.3 Å². The van der Waals surface area contributed by atoms with Crippen LogP contribution >= 0.6 is 11.6 Å². The van der Waals surface area contributed by atoms with E-state index < -0.39 is 0 Å². The summed E-state index contributed by atoms with van der Waals surface area (Å²) in [5.74, 6) is 0.611. The van der Waals surface area contributed by atoms with Gasteiger partial charge in [0.2, 0.25) is 5.95 Å². The second kappa shape index (κ2) is 4.42. The number of aromatic nitrogens is 2. The van der Waals surface area contributed by atoms with E-state index in [0.29, 0.717) is 17.1 Å². The lowest BCUT2D eigenvalue weighted by atomic mass is 10.3. The number of hydrogen-bond acceptors (Lipinski definition) is 3. The molecular weight excluding hydrogens is 186 g/mol. The van der Waals surface area contributed by atoms with Crippen LogP contribution in [0, 0.1) is 0 Å². The zero-order valence-corrected chi connectivity index (χ0v) is 8.89. The van der Waals surface area contributed by atoms with Gasteiger partial charge < -0.3 is 5.32 Å². The molecule has 3 nitrogen and oxygen atoms in total. The van der Waals surface area contributed by atoms with Crippen molar-refractivity contribution in [2.75, 3.05) is 5.32 Å². The number of rotatable bonds is 3. The van der Waals surface area contributed by atoms with Crippen LogP contribution in [0.1, 0.15) is 26.5 Å². The van der Waals surface area contributed by atoms with Crippen molar-refractivity contribution in [3.63, 3.8) is 0 Å². The highest BCUT2D eigenvalue weighted by Gasteiger charge is 2.02. The fourth-order valence-electron chi connectivity index (χ4n) is 0.968. The van der Waals surface area contributed by atoms with E-state index in [9.17, 15) is 0 Å². The quantitative estimate of drug-likeness (QED) is 0.761. The first-order valence-electron chi connectivity index (χ1n) is 4.41. The average molecular weight is 200 g/mol. The molecule has 0 saturated heterocycles. The molecule has 0 saturated carbocycles. The van der Waals surface area contributed by atoms with Crippen LogP contribution in [0.2, 0.25) is 5.15 Å². The van der Waals surface area contributed by atoms with Gasteiger partial charge in [-0.15, -0.1) is 0 Å². The van der Waals surface area contributed by atoms with Crippen molar-refractivity contribution in [2.24, 2.45) is 0 Å². The second-order valence-electron chi connectivity index (χ2n) is 3.16. The first kappa shape index (κ1) is 10.3. The Balaban J connectivity index is 2.88. The molecule has 1 aromatic heterocycles. The van der Waals surface area contributed by atoms with Crippen LogP contribution in [-0.2, 0) is 6.42 Å². The molecule has 0 fully saturated rings. The molecule has 0 amide bonds. The van der Waals surface area contributed by atoms with Gasteiger partial charge in [-0.3, -0.25) is 0 Å². The maximum atomic E-state index is 5.82. The van der Waals surface area contributed by atoms with Crippen LogP contribution in [0.4, 0.5) is 5.95 Å². The van der Waals surface area contributed by atoms with E-state index in [1.165, 1.54) is 0 Å². The molecule has 0 aliphatic carbocycles. The Morgan fingerprint density at radius 1 is 1.46 bits per heavy atom. The summed E-state index contributed by atoms with van der Waals surface area (Å²) in [6.07, 6.45) is 0.870. The molecule has 0 aromatic carbocycles. The van der Waals surface area contributed by atoms with Gasteiger partial charge in [0.1, 0.15) is 5.15 Å². The average Bonchev–Trinajstić information content (AvgIpc) is 2.01. The predicted molar refractivity (Wildman–Crippen MR) is 55.2 cm³/mol. The van der Waals surface area contributed by atoms with Gasteiger partial charge in [0, 0.05) is 11.7 Å². The maximum Gasteiger partial charge on any atom is 0.224 e. The summed E-state index contributed by atoms with van der Waals surface area (Å²) in [5, 5.41) is 3.61. The van der Waals surface area contributed by atoms with Gasteiger partial charge in [-0.25, -0.2) is 9.97 Å². The lowest BCUT2D eigenvalue weighted by molar-refractivity contribution is 0.864. The minimum Gasteiger partial charge on any atom is -0.352 e. The molecule has 72 valence electrons. The van der Waals surface area contributed by atoms with Crippen molar-refractivity contribution in [3.05, 3.63) is 16.9 Å². The third kappa shape index (κ3) is 3.19. The smallest absolute Gasteiger partial charge is 0.224 e. The third-order valence-electron chi connectivity index (χ3n) is 1.53. The third-order valence-corrected chi connectivity index (χ3v) is 1.72. The largest absolute Gasteiger partial charge is 0.352 e. The first-order valence-corrected chi connectivity index (χ1v) is 4.79. The summed E-state index contributed by atoms with van der Waals surface area (Å²) in [6.45, 7) is 6.11. The Bertz CT molecular complexity index is 286. The van der Waals surface area contributed by atoms with E-state index in [1.54, 1.807) is 6.07 Å². The van der Waals surface area contributed by atoms with Crippen LogP contribution in [0.3, 0.4) is 0 Å². The monoisotopic (exact) mass is 199 g/mol. The van der Waals surface area contributed by atoms with E-state index in [4.69, 9.17) is 11.6 Å². The normalized spacial score (nSPS) is 10.5. The summed E-state index contributed by atoms with van der Waals surface area (Å²) >= 11 is 5.82. The first-order chi connectivity index (χ1) is 6.11. The van der Waals surface area contributed by atoms with Gasteiger partial charge in [0.05, 0.1) is 0 Å². The molecule has 1 N–H and O–H groups in total. The van der Waals surface area contributed by atoms with E-state index >= 15 is 0 Å². The zero-order valence-electron chi connectivity index (χ0n) is 8.13. The highest BCUT2D eigenvalue weighted by Crippen LogP contribution is 2.11. The van der Waals surface area contributed by atoms with Crippen LogP contribution in [-0.4, -0.2) is 16.0 Å². The second-order valence-corrected chi connectivity index (χ2v) is 3.55. The van der Waals surface area contributed by atoms with E-state index in [0.717, 1.165) is 12.1 Å². The Hall–Kier alpha value is -0.830. The summed E-state index contributed by atoms with van der Waals surface area (Å²) < 4.78 is 0. The van der Waals surface area contributed by atoms with Crippen LogP contribution in [0.15, 0.2) is 6.07 Å². The van der Waals surface area contributed by atoms with Crippen molar-refractivity contribution in [3.8, 4) is 0 Å². The number of hydrogen-bond donors (Lipinski definition) is 1. The zero-order chi connectivity index (χ0) is 9.84. The van der Waals surface area contributed by atoms with E-state index in [1.807, 2.05) is 20.8 Å². The molecule has 0 atom stereocenters. The Labute approximate surface area is 83.5 Å². The summed E-state index contributed by atoms with van der Waals surface area (Å²) in [4.78, 5) is 8.35. The molecule has 0 bridgehead atoms. The molecule has 1 rings (SSSR count). The summed E-state index contributed by atoms with van der Waals surface area (Å²) in [7, 11) is 0. The van der Waals surface area contributed by atoms with Gasteiger partial charge in [0.25, 0.3) is 0 Å². The summed E-state index contributed by atoms with van der Waals surface area (Å²) in [5.41, 5.74) is 0.961. The van der Waals surface area contributed by atoms with Crippen LogP contribution < -0.4 is 5.32 Å². The molecule has 4 heteroatoms. The number of anilines is 1. The van der Waals surface area contributed by atoms with Crippen LogP contribution in [0.5, 0.6) is 0 Å². The predicted octanol–water partition coefficient (Wildman–Crippen LogP) is 2.51. The van der Waals surface area contributed by atoms with Gasteiger partial charge in [-0.2, -0.15) is 0 Å². The number of nitrogens with one attached hydrogen (secondary N) is 1. The van der Waals surface area contributed by atoms with Gasteiger partial charge in [-0.05, 0) is 26.3 Å². The lowest BCUT2D eigenvalue weighted by Crippen LogP contribution is -2.13. The molecule has 13 heavy (non-hydrogen) atoms. The van der Waals surface area contributed by atoms with Crippen LogP contribution in [0.25, 0.3) is 0 Å². The number of halogens is 1. The van der Waals surface area contributed by atoms with Gasteiger partial charge in [0.15, 0.2) is 0 Å². The summed E-state index contributed by atoms with van der Waals surface area (Å²) in [6, 6.07) is 2.11. The van der Waals surface area contributed by atoms with Gasteiger partial charge >= 0.3 is 0 Å². The minimum absolute atomic E-state index is 0.322. The standard InChI is InChI=1S/C9H14ClN3/c1-4-7-5-8(10)13-9(12-7)11-6(2)3/h5-6H,4H2,1-3H3,(H,11,12,13). The fraction of sp³-hybridized carbons (Fsp3) is 0.556. The highest BCUT2D eigenvalue weighted by molar-refractivity contribution is 6.29. The Morgan fingerprint density at radius 3 is 2.69 bits per heavy atom. The molecule has 0 unspecified atom stereocenters. The maximum absolute atomic E-state index is 5.82. The highest BCUT2D eigenvalue weighted by atomic mass is 35.5. The lowest BCUT2D eigenvalue weighted by Gasteiger charge is -2.08. The molecule has 0 radical (unpaired) electrons. The van der Waals surface area contributed by atoms with Crippen molar-refractivity contribution in [1.82, 2.24) is 9.97 Å². The fourth-order valence-corrected chi connectivity index (χ4v) is 1.17. The van der Waals surface area contributed by atoms with Crippen molar-refractivity contribution in [1.29, 1.82) is 0 Å². The molecular formula is C9H14ClN3. The Morgan fingerprint density at radius 2 is 2.15 bits per heavy atom. The number of aryl methyl sites for hydroxylation is 1. The van der Waals surface area contributed by atoms with Crippen molar-refractivity contribution < 1.29 is 0 Å². The SMILES string of the molecule is CCc1cc(Cl)nc(NC(C)C)n1. The van der Waals surface area contributed by atoms with E-state index in [-0.39, 0.29) is 0 Å². The number of nitrogens with zero attached hydrogens (tertiary/aromatic N) is 2.